The van der Waals surface area contributed by atoms with Crippen LogP contribution in [0.5, 0.6) is 0 Å². The van der Waals surface area contributed by atoms with Crippen LogP contribution in [0.1, 0.15) is 31.2 Å². The highest BCUT2D eigenvalue weighted by atomic mass is 79.9. The van der Waals surface area contributed by atoms with Crippen molar-refractivity contribution in [2.75, 3.05) is 18.5 Å². The van der Waals surface area contributed by atoms with Gasteiger partial charge < -0.3 is 10.4 Å². The molecule has 0 aliphatic carbocycles. The molecule has 0 saturated carbocycles. The quantitative estimate of drug-likeness (QED) is 0.749. The zero-order valence-electron chi connectivity index (χ0n) is 9.80. The lowest BCUT2D eigenvalue weighted by molar-refractivity contribution is 0.283. The molecular formula is C13H20BrNO. The van der Waals surface area contributed by atoms with E-state index in [1.165, 1.54) is 17.7 Å². The molecule has 3 heteroatoms. The molecule has 90 valence electrons. The minimum atomic E-state index is 0.318. The molecule has 0 aromatic heterocycles. The zero-order chi connectivity index (χ0) is 11.8. The number of aliphatic hydroxyl groups excluding tert-OH is 1. The van der Waals surface area contributed by atoms with Gasteiger partial charge in [0.1, 0.15) is 0 Å². The summed E-state index contributed by atoms with van der Waals surface area (Å²) in [6.07, 6.45) is 4.39. The van der Waals surface area contributed by atoms with Crippen LogP contribution in [-0.4, -0.2) is 18.3 Å². The van der Waals surface area contributed by atoms with Crippen LogP contribution in [0.2, 0.25) is 0 Å². The molecule has 0 fully saturated rings. The molecule has 1 rings (SSSR count). The van der Waals surface area contributed by atoms with E-state index in [-0.39, 0.29) is 0 Å². The number of benzene rings is 1. The first kappa shape index (κ1) is 13.5. The van der Waals surface area contributed by atoms with Gasteiger partial charge in [0.25, 0.3) is 0 Å². The molecule has 1 aromatic carbocycles. The first-order chi connectivity index (χ1) is 7.74. The van der Waals surface area contributed by atoms with Gasteiger partial charge in [-0.1, -0.05) is 34.8 Å². The summed E-state index contributed by atoms with van der Waals surface area (Å²) in [5, 5.41) is 12.0. The maximum Gasteiger partial charge on any atom is 0.0431 e. The van der Waals surface area contributed by atoms with Crippen molar-refractivity contribution in [1.82, 2.24) is 0 Å². The highest BCUT2D eigenvalue weighted by Gasteiger charge is 1.96. The molecule has 0 bridgehead atoms. The van der Waals surface area contributed by atoms with Gasteiger partial charge >= 0.3 is 0 Å². The molecule has 2 nitrogen and oxygen atoms in total. The molecule has 0 atom stereocenters. The van der Waals surface area contributed by atoms with E-state index < -0.39 is 0 Å². The topological polar surface area (TPSA) is 32.3 Å². The molecule has 0 unspecified atom stereocenters. The van der Waals surface area contributed by atoms with Crippen molar-refractivity contribution in [3.8, 4) is 0 Å². The number of aliphatic hydroxyl groups is 1. The Morgan fingerprint density at radius 2 is 1.94 bits per heavy atom. The van der Waals surface area contributed by atoms with Crippen molar-refractivity contribution in [3.05, 3.63) is 28.2 Å². The Morgan fingerprint density at radius 3 is 2.62 bits per heavy atom. The molecule has 0 heterocycles. The van der Waals surface area contributed by atoms with Crippen LogP contribution < -0.4 is 5.32 Å². The second-order valence-corrected chi connectivity index (χ2v) is 4.88. The monoisotopic (exact) mass is 285 g/mol. The van der Waals surface area contributed by atoms with Crippen molar-refractivity contribution in [2.24, 2.45) is 0 Å². The molecule has 0 aliphatic rings. The molecule has 1 aromatic rings. The number of halogens is 1. The Labute approximate surface area is 106 Å². The van der Waals surface area contributed by atoms with Crippen molar-refractivity contribution in [1.29, 1.82) is 0 Å². The van der Waals surface area contributed by atoms with Crippen LogP contribution in [0.4, 0.5) is 5.69 Å². The maximum absolute atomic E-state index is 8.64. The number of hydrogen-bond acceptors (Lipinski definition) is 2. The molecule has 0 saturated heterocycles. The van der Waals surface area contributed by atoms with E-state index in [4.69, 9.17) is 5.11 Å². The Bertz CT molecular complexity index is 315. The van der Waals surface area contributed by atoms with E-state index in [0.29, 0.717) is 6.61 Å². The fourth-order valence-electron chi connectivity index (χ4n) is 1.53. The predicted molar refractivity (Wildman–Crippen MR) is 72.9 cm³/mol. The molecule has 2 N–H and O–H groups in total. The number of aryl methyl sites for hydroxylation is 1. The van der Waals surface area contributed by atoms with Gasteiger partial charge in [0.15, 0.2) is 0 Å². The number of hydrogen-bond donors (Lipinski definition) is 2. The Kier molecular flexibility index (Phi) is 6.50. The van der Waals surface area contributed by atoms with E-state index in [2.05, 4.69) is 46.4 Å². The summed E-state index contributed by atoms with van der Waals surface area (Å²) in [7, 11) is 0. The number of unbranched alkanes of at least 4 members (excludes halogenated alkanes) is 3. The average Bonchev–Trinajstić information content (AvgIpc) is 2.28. The molecular weight excluding hydrogens is 266 g/mol. The minimum Gasteiger partial charge on any atom is -0.396 e. The molecule has 0 spiro atoms. The summed E-state index contributed by atoms with van der Waals surface area (Å²) in [4.78, 5) is 0. The second-order valence-electron chi connectivity index (χ2n) is 4.03. The SMILES string of the molecule is Cc1ccc(NCCCCCCO)cc1Br. The summed E-state index contributed by atoms with van der Waals surface area (Å²) >= 11 is 3.52. The molecule has 0 amide bonds. The number of rotatable bonds is 7. The summed E-state index contributed by atoms with van der Waals surface area (Å²) in [6, 6.07) is 6.33. The molecule has 16 heavy (non-hydrogen) atoms. The fourth-order valence-corrected chi connectivity index (χ4v) is 1.90. The van der Waals surface area contributed by atoms with Gasteiger partial charge in [-0.2, -0.15) is 0 Å². The minimum absolute atomic E-state index is 0.318. The highest BCUT2D eigenvalue weighted by Crippen LogP contribution is 2.20. The third-order valence-electron chi connectivity index (χ3n) is 2.59. The normalized spacial score (nSPS) is 10.4. The van der Waals surface area contributed by atoms with Gasteiger partial charge in [0, 0.05) is 23.3 Å². The summed E-state index contributed by atoms with van der Waals surface area (Å²) < 4.78 is 1.15. The van der Waals surface area contributed by atoms with Gasteiger partial charge in [-0.3, -0.25) is 0 Å². The van der Waals surface area contributed by atoms with Gasteiger partial charge in [0.05, 0.1) is 0 Å². The zero-order valence-corrected chi connectivity index (χ0v) is 11.4. The lowest BCUT2D eigenvalue weighted by Gasteiger charge is -2.07. The van der Waals surface area contributed by atoms with Crippen molar-refractivity contribution >= 4 is 21.6 Å². The van der Waals surface area contributed by atoms with E-state index in [9.17, 15) is 0 Å². The predicted octanol–water partition coefficient (Wildman–Crippen LogP) is 3.72. The first-order valence-electron chi connectivity index (χ1n) is 5.85. The first-order valence-corrected chi connectivity index (χ1v) is 6.64. The standard InChI is InChI=1S/C13H20BrNO/c1-11-6-7-12(10-13(11)14)15-8-4-2-3-5-9-16/h6-7,10,15-16H,2-5,8-9H2,1H3. The van der Waals surface area contributed by atoms with Crippen molar-refractivity contribution in [2.45, 2.75) is 32.6 Å². The van der Waals surface area contributed by atoms with Crippen LogP contribution in [-0.2, 0) is 0 Å². The Morgan fingerprint density at radius 1 is 1.19 bits per heavy atom. The van der Waals surface area contributed by atoms with Gasteiger partial charge in [-0.25, -0.2) is 0 Å². The maximum atomic E-state index is 8.64. The van der Waals surface area contributed by atoms with Crippen LogP contribution >= 0.6 is 15.9 Å². The molecule has 0 radical (unpaired) electrons. The summed E-state index contributed by atoms with van der Waals surface area (Å²) in [5.41, 5.74) is 2.42. The highest BCUT2D eigenvalue weighted by molar-refractivity contribution is 9.10. The van der Waals surface area contributed by atoms with Gasteiger partial charge in [-0.15, -0.1) is 0 Å². The number of anilines is 1. The fraction of sp³-hybridized carbons (Fsp3) is 0.538. The van der Waals surface area contributed by atoms with Crippen molar-refractivity contribution in [3.63, 3.8) is 0 Å². The third-order valence-corrected chi connectivity index (χ3v) is 3.44. The number of nitrogens with one attached hydrogen (secondary N) is 1. The third kappa shape index (κ3) is 4.99. The van der Waals surface area contributed by atoms with E-state index in [1.54, 1.807) is 0 Å². The van der Waals surface area contributed by atoms with Crippen molar-refractivity contribution < 1.29 is 5.11 Å². The van der Waals surface area contributed by atoms with E-state index in [1.807, 2.05) is 0 Å². The van der Waals surface area contributed by atoms with Gasteiger partial charge in [0.2, 0.25) is 0 Å². The average molecular weight is 286 g/mol. The Balaban J connectivity index is 2.19. The second kappa shape index (κ2) is 7.69. The van der Waals surface area contributed by atoms with Crippen LogP contribution in [0, 0.1) is 6.92 Å². The summed E-state index contributed by atoms with van der Waals surface area (Å²) in [5.74, 6) is 0. The van der Waals surface area contributed by atoms with Crippen LogP contribution in [0.25, 0.3) is 0 Å². The molecule has 0 aliphatic heterocycles. The summed E-state index contributed by atoms with van der Waals surface area (Å²) in [6.45, 7) is 3.40. The van der Waals surface area contributed by atoms with E-state index in [0.717, 1.165) is 30.3 Å². The van der Waals surface area contributed by atoms with E-state index >= 15 is 0 Å². The smallest absolute Gasteiger partial charge is 0.0431 e. The lowest BCUT2D eigenvalue weighted by atomic mass is 10.2. The van der Waals surface area contributed by atoms with Gasteiger partial charge in [-0.05, 0) is 37.5 Å². The van der Waals surface area contributed by atoms with Crippen LogP contribution in [0.15, 0.2) is 22.7 Å². The lowest BCUT2D eigenvalue weighted by Crippen LogP contribution is -2.01. The van der Waals surface area contributed by atoms with Crippen LogP contribution in [0.3, 0.4) is 0 Å². The Hall–Kier alpha value is -0.540. The largest absolute Gasteiger partial charge is 0.396 e.